The summed E-state index contributed by atoms with van der Waals surface area (Å²) >= 11 is 1.47. The smallest absolute Gasteiger partial charge is 0.118 e. The number of thiazole rings is 1. The predicted molar refractivity (Wildman–Crippen MR) is 52.9 cm³/mol. The topological polar surface area (TPSA) is 58.9 Å². The second-order valence-electron chi connectivity index (χ2n) is 2.86. The summed E-state index contributed by atoms with van der Waals surface area (Å²) in [5.74, 6) is 0. The highest BCUT2D eigenvalue weighted by atomic mass is 32.1. The zero-order valence-corrected chi connectivity index (χ0v) is 8.40. The van der Waals surface area contributed by atoms with Crippen LogP contribution in [0.25, 0.3) is 0 Å². The maximum absolute atomic E-state index is 9.90. The van der Waals surface area contributed by atoms with Crippen molar-refractivity contribution in [2.75, 3.05) is 0 Å². The van der Waals surface area contributed by atoms with Gasteiger partial charge in [0.1, 0.15) is 12.4 Å². The van der Waals surface area contributed by atoms with Crippen LogP contribution in [0.15, 0.2) is 24.9 Å². The second-order valence-corrected chi connectivity index (χ2v) is 4.12. The van der Waals surface area contributed by atoms with Crippen molar-refractivity contribution < 1.29 is 5.11 Å². The molecule has 0 aliphatic carbocycles. The highest BCUT2D eigenvalue weighted by molar-refractivity contribution is 7.11. The fourth-order valence-electron chi connectivity index (χ4n) is 1.12. The van der Waals surface area contributed by atoms with Crippen LogP contribution in [0.2, 0.25) is 0 Å². The van der Waals surface area contributed by atoms with Crippen LogP contribution in [-0.4, -0.2) is 20.1 Å². The fourth-order valence-corrected chi connectivity index (χ4v) is 1.92. The molecule has 72 valence electrons. The van der Waals surface area contributed by atoms with E-state index in [9.17, 15) is 5.11 Å². The molecule has 2 heterocycles. The minimum Gasteiger partial charge on any atom is -0.383 e. The molecule has 0 saturated heterocycles. The maximum atomic E-state index is 9.90. The van der Waals surface area contributed by atoms with E-state index in [-0.39, 0.29) is 0 Å². The Labute approximate surface area is 85.3 Å². The maximum Gasteiger partial charge on any atom is 0.118 e. The first-order valence-corrected chi connectivity index (χ1v) is 4.94. The Morgan fingerprint density at radius 1 is 1.29 bits per heavy atom. The standard InChI is InChI=1S/C9H9N3OS/c1-6-12-4-8(14-6)9(13)7-2-10-5-11-3-7/h2-5,9,13H,1H3. The third kappa shape index (κ3) is 1.78. The first-order valence-electron chi connectivity index (χ1n) is 4.12. The van der Waals surface area contributed by atoms with Crippen LogP contribution in [0.5, 0.6) is 0 Å². The van der Waals surface area contributed by atoms with Crippen molar-refractivity contribution in [1.29, 1.82) is 0 Å². The number of hydrogen-bond donors (Lipinski definition) is 1. The molecule has 4 nitrogen and oxygen atoms in total. The number of hydrogen-bond acceptors (Lipinski definition) is 5. The number of aryl methyl sites for hydroxylation is 1. The van der Waals surface area contributed by atoms with E-state index in [1.807, 2.05) is 6.92 Å². The molecular weight excluding hydrogens is 198 g/mol. The highest BCUT2D eigenvalue weighted by Gasteiger charge is 2.13. The van der Waals surface area contributed by atoms with Gasteiger partial charge in [0, 0.05) is 24.2 Å². The summed E-state index contributed by atoms with van der Waals surface area (Å²) in [7, 11) is 0. The Hall–Kier alpha value is -1.33. The summed E-state index contributed by atoms with van der Waals surface area (Å²) in [5, 5.41) is 10.8. The summed E-state index contributed by atoms with van der Waals surface area (Å²) < 4.78 is 0. The molecule has 1 N–H and O–H groups in total. The molecule has 5 heteroatoms. The lowest BCUT2D eigenvalue weighted by atomic mass is 10.2. The van der Waals surface area contributed by atoms with Crippen molar-refractivity contribution in [3.63, 3.8) is 0 Å². The SMILES string of the molecule is Cc1ncc(C(O)c2cncnc2)s1. The summed E-state index contributed by atoms with van der Waals surface area (Å²) in [5.41, 5.74) is 0.691. The summed E-state index contributed by atoms with van der Waals surface area (Å²) in [6, 6.07) is 0. The Kier molecular flexibility index (Phi) is 2.51. The zero-order valence-electron chi connectivity index (χ0n) is 7.58. The van der Waals surface area contributed by atoms with Gasteiger partial charge < -0.3 is 5.11 Å². The summed E-state index contributed by atoms with van der Waals surface area (Å²) in [4.78, 5) is 12.6. The van der Waals surface area contributed by atoms with Gasteiger partial charge in [-0.3, -0.25) is 0 Å². The first-order chi connectivity index (χ1) is 6.77. The Balaban J connectivity index is 2.29. The molecule has 0 aromatic carbocycles. The van der Waals surface area contributed by atoms with E-state index >= 15 is 0 Å². The van der Waals surface area contributed by atoms with Gasteiger partial charge in [0.25, 0.3) is 0 Å². The molecule has 0 radical (unpaired) electrons. The van der Waals surface area contributed by atoms with Crippen molar-refractivity contribution in [3.05, 3.63) is 40.4 Å². The molecule has 0 amide bonds. The predicted octanol–water partition coefficient (Wildman–Crippen LogP) is 1.32. The second kappa shape index (κ2) is 3.81. The first kappa shape index (κ1) is 9.23. The molecule has 0 aliphatic rings. The average Bonchev–Trinajstić information content (AvgIpc) is 2.65. The Bertz CT molecular complexity index is 415. The van der Waals surface area contributed by atoms with Crippen LogP contribution in [-0.2, 0) is 0 Å². The van der Waals surface area contributed by atoms with E-state index in [1.54, 1.807) is 18.6 Å². The van der Waals surface area contributed by atoms with Crippen LogP contribution < -0.4 is 0 Å². The minimum absolute atomic E-state index is 0.664. The largest absolute Gasteiger partial charge is 0.383 e. The van der Waals surface area contributed by atoms with E-state index in [0.717, 1.165) is 9.88 Å². The van der Waals surface area contributed by atoms with Crippen LogP contribution in [0.1, 0.15) is 21.6 Å². The molecule has 0 fully saturated rings. The molecule has 1 atom stereocenters. The van der Waals surface area contributed by atoms with E-state index in [2.05, 4.69) is 15.0 Å². The summed E-state index contributed by atoms with van der Waals surface area (Å²) in [6.07, 6.45) is 5.66. The van der Waals surface area contributed by atoms with Gasteiger partial charge >= 0.3 is 0 Å². The van der Waals surface area contributed by atoms with Crippen molar-refractivity contribution >= 4 is 11.3 Å². The molecule has 2 rings (SSSR count). The molecule has 0 spiro atoms. The quantitative estimate of drug-likeness (QED) is 0.807. The van der Waals surface area contributed by atoms with Crippen molar-refractivity contribution in [3.8, 4) is 0 Å². The van der Waals surface area contributed by atoms with E-state index in [4.69, 9.17) is 0 Å². The van der Waals surface area contributed by atoms with Gasteiger partial charge in [-0.1, -0.05) is 0 Å². The number of aliphatic hydroxyl groups excluding tert-OH is 1. The molecule has 2 aromatic rings. The summed E-state index contributed by atoms with van der Waals surface area (Å²) in [6.45, 7) is 1.91. The normalized spacial score (nSPS) is 12.7. The molecule has 14 heavy (non-hydrogen) atoms. The molecule has 1 unspecified atom stereocenters. The lowest BCUT2D eigenvalue weighted by molar-refractivity contribution is 0.223. The van der Waals surface area contributed by atoms with Crippen molar-refractivity contribution in [2.24, 2.45) is 0 Å². The average molecular weight is 207 g/mol. The van der Waals surface area contributed by atoms with Crippen LogP contribution in [0, 0.1) is 6.92 Å². The van der Waals surface area contributed by atoms with Crippen LogP contribution >= 0.6 is 11.3 Å². The number of rotatable bonds is 2. The molecular formula is C9H9N3OS. The molecule has 0 aliphatic heterocycles. The lowest BCUT2D eigenvalue weighted by Crippen LogP contribution is -1.98. The third-order valence-electron chi connectivity index (χ3n) is 1.80. The molecule has 0 saturated carbocycles. The number of aliphatic hydroxyl groups is 1. The molecule has 0 bridgehead atoms. The Morgan fingerprint density at radius 2 is 2.00 bits per heavy atom. The highest BCUT2D eigenvalue weighted by Crippen LogP contribution is 2.25. The monoisotopic (exact) mass is 207 g/mol. The fraction of sp³-hybridized carbons (Fsp3) is 0.222. The van der Waals surface area contributed by atoms with Crippen LogP contribution in [0.4, 0.5) is 0 Å². The van der Waals surface area contributed by atoms with Gasteiger partial charge in [0.2, 0.25) is 0 Å². The van der Waals surface area contributed by atoms with E-state index in [0.29, 0.717) is 5.56 Å². The van der Waals surface area contributed by atoms with Crippen molar-refractivity contribution in [1.82, 2.24) is 15.0 Å². The van der Waals surface area contributed by atoms with E-state index in [1.165, 1.54) is 17.7 Å². The van der Waals surface area contributed by atoms with Gasteiger partial charge in [0.05, 0.1) is 9.88 Å². The van der Waals surface area contributed by atoms with Gasteiger partial charge in [0.15, 0.2) is 0 Å². The van der Waals surface area contributed by atoms with Crippen molar-refractivity contribution in [2.45, 2.75) is 13.0 Å². The zero-order chi connectivity index (χ0) is 9.97. The number of nitrogens with zero attached hydrogens (tertiary/aromatic N) is 3. The minimum atomic E-state index is -0.664. The van der Waals surface area contributed by atoms with E-state index < -0.39 is 6.10 Å². The van der Waals surface area contributed by atoms with Gasteiger partial charge in [-0.15, -0.1) is 11.3 Å². The third-order valence-corrected chi connectivity index (χ3v) is 2.77. The number of aromatic nitrogens is 3. The Morgan fingerprint density at radius 3 is 2.57 bits per heavy atom. The van der Waals surface area contributed by atoms with Gasteiger partial charge in [-0.05, 0) is 6.92 Å². The molecule has 2 aromatic heterocycles. The van der Waals surface area contributed by atoms with Gasteiger partial charge in [-0.25, -0.2) is 15.0 Å². The van der Waals surface area contributed by atoms with Crippen LogP contribution in [0.3, 0.4) is 0 Å². The lowest BCUT2D eigenvalue weighted by Gasteiger charge is -2.05. The van der Waals surface area contributed by atoms with Gasteiger partial charge in [-0.2, -0.15) is 0 Å².